The van der Waals surface area contributed by atoms with Crippen LogP contribution in [0.1, 0.15) is 18.5 Å². The van der Waals surface area contributed by atoms with E-state index in [1.165, 1.54) is 18.5 Å². The fourth-order valence-corrected chi connectivity index (χ4v) is 1.28. The van der Waals surface area contributed by atoms with Gasteiger partial charge in [0.25, 0.3) is 0 Å². The molecule has 0 amide bonds. The van der Waals surface area contributed by atoms with E-state index >= 15 is 0 Å². The number of imidazole rings is 1. The standard InChI is InChI=1S/C8H13N3/c1-6-4-10-8(9)11(6)5-7-2-3-7/h4,7H,2-3,5H2,1H3,(H2,9,10). The zero-order valence-electron chi connectivity index (χ0n) is 6.75. The van der Waals surface area contributed by atoms with Crippen molar-refractivity contribution >= 4 is 5.95 Å². The molecular formula is C8H13N3. The first-order valence-corrected chi connectivity index (χ1v) is 4.05. The van der Waals surface area contributed by atoms with E-state index in [-0.39, 0.29) is 0 Å². The zero-order valence-corrected chi connectivity index (χ0v) is 6.75. The fourth-order valence-electron chi connectivity index (χ4n) is 1.28. The Kier molecular flexibility index (Phi) is 1.37. The minimum absolute atomic E-state index is 0.661. The lowest BCUT2D eigenvalue weighted by atomic mass is 10.4. The van der Waals surface area contributed by atoms with Gasteiger partial charge in [0.2, 0.25) is 0 Å². The van der Waals surface area contributed by atoms with Crippen LogP contribution in [0.15, 0.2) is 6.20 Å². The molecule has 0 spiro atoms. The van der Waals surface area contributed by atoms with Crippen molar-refractivity contribution in [3.8, 4) is 0 Å². The normalized spacial score (nSPS) is 17.2. The first-order valence-electron chi connectivity index (χ1n) is 4.05. The van der Waals surface area contributed by atoms with Gasteiger partial charge in [0.15, 0.2) is 5.95 Å². The Morgan fingerprint density at radius 1 is 1.73 bits per heavy atom. The molecule has 0 saturated heterocycles. The summed E-state index contributed by atoms with van der Waals surface area (Å²) in [6.07, 6.45) is 4.55. The van der Waals surface area contributed by atoms with Gasteiger partial charge in [-0.15, -0.1) is 0 Å². The number of hydrogen-bond acceptors (Lipinski definition) is 2. The highest BCUT2D eigenvalue weighted by Gasteiger charge is 2.22. The summed E-state index contributed by atoms with van der Waals surface area (Å²) in [6.45, 7) is 3.11. The van der Waals surface area contributed by atoms with E-state index in [2.05, 4.69) is 9.55 Å². The number of nitrogens with two attached hydrogens (primary N) is 1. The minimum Gasteiger partial charge on any atom is -0.369 e. The first kappa shape index (κ1) is 6.70. The first-order chi connectivity index (χ1) is 5.27. The van der Waals surface area contributed by atoms with Gasteiger partial charge in [0.1, 0.15) is 0 Å². The van der Waals surface area contributed by atoms with Crippen molar-refractivity contribution < 1.29 is 0 Å². The van der Waals surface area contributed by atoms with Crippen LogP contribution in [0.25, 0.3) is 0 Å². The van der Waals surface area contributed by atoms with Crippen LogP contribution in [0.2, 0.25) is 0 Å². The Morgan fingerprint density at radius 2 is 2.45 bits per heavy atom. The van der Waals surface area contributed by atoms with Gasteiger partial charge in [-0.3, -0.25) is 0 Å². The lowest BCUT2D eigenvalue weighted by Gasteiger charge is -2.04. The number of nitrogen functional groups attached to an aromatic ring is 1. The average Bonchev–Trinajstić information content (AvgIpc) is 2.73. The molecule has 60 valence electrons. The maximum atomic E-state index is 5.67. The van der Waals surface area contributed by atoms with Crippen molar-refractivity contribution in [2.45, 2.75) is 26.3 Å². The Bertz CT molecular complexity index is 241. The molecule has 0 unspecified atom stereocenters. The molecule has 0 radical (unpaired) electrons. The molecule has 3 nitrogen and oxygen atoms in total. The van der Waals surface area contributed by atoms with Crippen LogP contribution < -0.4 is 5.73 Å². The maximum Gasteiger partial charge on any atom is 0.200 e. The van der Waals surface area contributed by atoms with Gasteiger partial charge in [0, 0.05) is 12.2 Å². The zero-order chi connectivity index (χ0) is 7.84. The van der Waals surface area contributed by atoms with Gasteiger partial charge in [-0.05, 0) is 25.7 Å². The second-order valence-corrected chi connectivity index (χ2v) is 3.31. The van der Waals surface area contributed by atoms with Crippen LogP contribution in [-0.2, 0) is 6.54 Å². The van der Waals surface area contributed by atoms with E-state index in [9.17, 15) is 0 Å². The van der Waals surface area contributed by atoms with Gasteiger partial charge in [-0.1, -0.05) is 0 Å². The van der Waals surface area contributed by atoms with Crippen molar-refractivity contribution in [1.29, 1.82) is 0 Å². The van der Waals surface area contributed by atoms with Crippen LogP contribution in [0, 0.1) is 12.8 Å². The molecule has 3 heteroatoms. The van der Waals surface area contributed by atoms with E-state index in [0.29, 0.717) is 5.95 Å². The van der Waals surface area contributed by atoms with Gasteiger partial charge in [-0.2, -0.15) is 0 Å². The molecule has 0 aliphatic heterocycles. The largest absolute Gasteiger partial charge is 0.369 e. The van der Waals surface area contributed by atoms with Crippen LogP contribution in [0.3, 0.4) is 0 Å². The van der Waals surface area contributed by atoms with Crippen LogP contribution >= 0.6 is 0 Å². The molecule has 1 aliphatic rings. The van der Waals surface area contributed by atoms with Gasteiger partial charge in [0.05, 0.1) is 6.20 Å². The third kappa shape index (κ3) is 1.23. The summed E-state index contributed by atoms with van der Waals surface area (Å²) >= 11 is 0. The fraction of sp³-hybridized carbons (Fsp3) is 0.625. The summed E-state index contributed by atoms with van der Waals surface area (Å²) in [7, 11) is 0. The second-order valence-electron chi connectivity index (χ2n) is 3.31. The number of rotatable bonds is 2. The molecule has 1 aliphatic carbocycles. The Balaban J connectivity index is 2.19. The molecule has 0 aromatic carbocycles. The molecule has 0 bridgehead atoms. The molecule has 0 atom stereocenters. The van der Waals surface area contributed by atoms with Crippen molar-refractivity contribution in [3.05, 3.63) is 11.9 Å². The molecule has 1 aromatic heterocycles. The average molecular weight is 151 g/mol. The predicted molar refractivity (Wildman–Crippen MR) is 44.1 cm³/mol. The van der Waals surface area contributed by atoms with Gasteiger partial charge >= 0.3 is 0 Å². The van der Waals surface area contributed by atoms with Crippen molar-refractivity contribution in [2.75, 3.05) is 5.73 Å². The smallest absolute Gasteiger partial charge is 0.200 e. The number of nitrogens with zero attached hydrogens (tertiary/aromatic N) is 2. The molecule has 1 saturated carbocycles. The molecule has 2 rings (SSSR count). The topological polar surface area (TPSA) is 43.8 Å². The van der Waals surface area contributed by atoms with E-state index < -0.39 is 0 Å². The van der Waals surface area contributed by atoms with Crippen molar-refractivity contribution in [3.63, 3.8) is 0 Å². The number of anilines is 1. The molecule has 11 heavy (non-hydrogen) atoms. The molecule has 1 fully saturated rings. The van der Waals surface area contributed by atoms with E-state index in [1.807, 2.05) is 13.1 Å². The summed E-state index contributed by atoms with van der Waals surface area (Å²) in [5.74, 6) is 1.53. The summed E-state index contributed by atoms with van der Waals surface area (Å²) in [6, 6.07) is 0. The monoisotopic (exact) mass is 151 g/mol. The molecule has 2 N–H and O–H groups in total. The van der Waals surface area contributed by atoms with E-state index in [0.717, 1.165) is 12.5 Å². The maximum absolute atomic E-state index is 5.67. The highest BCUT2D eigenvalue weighted by molar-refractivity contribution is 5.21. The third-order valence-electron chi connectivity index (χ3n) is 2.22. The summed E-state index contributed by atoms with van der Waals surface area (Å²) < 4.78 is 2.09. The highest BCUT2D eigenvalue weighted by Crippen LogP contribution is 2.31. The van der Waals surface area contributed by atoms with Crippen LogP contribution in [0.5, 0.6) is 0 Å². The van der Waals surface area contributed by atoms with Crippen LogP contribution in [-0.4, -0.2) is 9.55 Å². The summed E-state index contributed by atoms with van der Waals surface area (Å²) in [4.78, 5) is 4.04. The quantitative estimate of drug-likeness (QED) is 0.689. The minimum atomic E-state index is 0.661. The summed E-state index contributed by atoms with van der Waals surface area (Å²) in [5, 5.41) is 0. The Labute approximate surface area is 66.2 Å². The molecule has 1 heterocycles. The van der Waals surface area contributed by atoms with Crippen LogP contribution in [0.4, 0.5) is 5.95 Å². The lowest BCUT2D eigenvalue weighted by Crippen LogP contribution is -2.06. The third-order valence-corrected chi connectivity index (χ3v) is 2.22. The van der Waals surface area contributed by atoms with Crippen molar-refractivity contribution in [1.82, 2.24) is 9.55 Å². The van der Waals surface area contributed by atoms with Gasteiger partial charge in [-0.25, -0.2) is 4.98 Å². The number of hydrogen-bond donors (Lipinski definition) is 1. The Morgan fingerprint density at radius 3 is 2.91 bits per heavy atom. The summed E-state index contributed by atoms with van der Waals surface area (Å²) in [5.41, 5.74) is 6.84. The van der Waals surface area contributed by atoms with Gasteiger partial charge < -0.3 is 10.3 Å². The Hall–Kier alpha value is -0.990. The van der Waals surface area contributed by atoms with Crippen molar-refractivity contribution in [2.24, 2.45) is 5.92 Å². The van der Waals surface area contributed by atoms with E-state index in [1.54, 1.807) is 0 Å². The second kappa shape index (κ2) is 2.26. The lowest BCUT2D eigenvalue weighted by molar-refractivity contribution is 0.621. The van der Waals surface area contributed by atoms with E-state index in [4.69, 9.17) is 5.73 Å². The molecular weight excluding hydrogens is 138 g/mol. The number of aromatic nitrogens is 2. The highest BCUT2D eigenvalue weighted by atomic mass is 15.1. The SMILES string of the molecule is Cc1cnc(N)n1CC1CC1. The predicted octanol–water partition coefficient (Wildman–Crippen LogP) is 1.18. The number of aryl methyl sites for hydroxylation is 1. The molecule has 1 aromatic rings.